The van der Waals surface area contributed by atoms with Crippen LogP contribution in [0.1, 0.15) is 19.8 Å². The van der Waals surface area contributed by atoms with E-state index in [1.54, 1.807) is 19.1 Å². The quantitative estimate of drug-likeness (QED) is 0.912. The molecule has 6 heteroatoms. The number of aliphatic carboxylic acids is 1. The molecule has 108 valence electrons. The first kappa shape index (κ1) is 14.8. The van der Waals surface area contributed by atoms with Crippen molar-refractivity contribution in [1.29, 1.82) is 0 Å². The number of hydrogen-bond acceptors (Lipinski definition) is 3. The Kier molecular flexibility index (Phi) is 4.65. The molecule has 1 fully saturated rings. The molecule has 0 bridgehead atoms. The number of carboxylic acids is 1. The molecule has 1 aromatic rings. The van der Waals surface area contributed by atoms with Crippen LogP contribution in [0.25, 0.3) is 0 Å². The topological polar surface area (TPSA) is 66.8 Å². The summed E-state index contributed by atoms with van der Waals surface area (Å²) in [6.45, 7) is 2.11. The van der Waals surface area contributed by atoms with Crippen LogP contribution in [0.4, 0.5) is 0 Å². The van der Waals surface area contributed by atoms with Gasteiger partial charge < -0.3 is 14.7 Å². The Labute approximate surface area is 125 Å². The number of carbonyl (C=O) groups excluding carboxylic acids is 1. The highest BCUT2D eigenvalue weighted by molar-refractivity contribution is 9.10. The van der Waals surface area contributed by atoms with Crippen LogP contribution in [0, 0.1) is 0 Å². The molecule has 2 rings (SSSR count). The molecule has 0 aliphatic carbocycles. The third kappa shape index (κ3) is 3.30. The summed E-state index contributed by atoms with van der Waals surface area (Å²) in [5.41, 5.74) is 0. The Morgan fingerprint density at radius 2 is 2.25 bits per heavy atom. The minimum atomic E-state index is -0.953. The Balaban J connectivity index is 2.03. The zero-order valence-corrected chi connectivity index (χ0v) is 12.7. The van der Waals surface area contributed by atoms with Gasteiger partial charge in [-0.15, -0.1) is 0 Å². The number of nitrogens with zero attached hydrogens (tertiary/aromatic N) is 1. The van der Waals surface area contributed by atoms with Crippen LogP contribution in [0.2, 0.25) is 0 Å². The van der Waals surface area contributed by atoms with Crippen molar-refractivity contribution < 1.29 is 19.4 Å². The number of carboxylic acid groups (broad SMARTS) is 1. The van der Waals surface area contributed by atoms with E-state index in [1.807, 2.05) is 12.1 Å². The first-order valence-electron chi connectivity index (χ1n) is 6.44. The molecular weight excluding hydrogens is 326 g/mol. The van der Waals surface area contributed by atoms with Crippen LogP contribution in [-0.4, -0.2) is 40.6 Å². The number of amides is 1. The van der Waals surface area contributed by atoms with Crippen LogP contribution in [0.15, 0.2) is 28.7 Å². The molecule has 1 N–H and O–H groups in total. The molecule has 5 nitrogen and oxygen atoms in total. The second-order valence-electron chi connectivity index (χ2n) is 4.75. The van der Waals surface area contributed by atoms with E-state index in [-0.39, 0.29) is 5.91 Å². The summed E-state index contributed by atoms with van der Waals surface area (Å²) < 4.78 is 6.44. The van der Waals surface area contributed by atoms with Crippen molar-refractivity contribution in [3.05, 3.63) is 28.7 Å². The summed E-state index contributed by atoms with van der Waals surface area (Å²) in [4.78, 5) is 24.8. The van der Waals surface area contributed by atoms with Crippen molar-refractivity contribution in [3.63, 3.8) is 0 Å². The number of likely N-dealkylation sites (tertiary alicyclic amines) is 1. The summed E-state index contributed by atoms with van der Waals surface area (Å²) in [6.07, 6.45) is 0.515. The highest BCUT2D eigenvalue weighted by Crippen LogP contribution is 2.22. The molecule has 1 saturated heterocycles. The maximum absolute atomic E-state index is 12.3. The highest BCUT2D eigenvalue weighted by atomic mass is 79.9. The smallest absolute Gasteiger partial charge is 0.326 e. The van der Waals surface area contributed by atoms with Crippen LogP contribution in [0.5, 0.6) is 5.75 Å². The van der Waals surface area contributed by atoms with E-state index in [9.17, 15) is 9.59 Å². The molecule has 0 aromatic heterocycles. The van der Waals surface area contributed by atoms with Crippen molar-refractivity contribution in [1.82, 2.24) is 4.90 Å². The minimum absolute atomic E-state index is 0.283. The Hall–Kier alpha value is -1.56. The second kappa shape index (κ2) is 6.26. The molecular formula is C14H16BrNO4. The van der Waals surface area contributed by atoms with Crippen molar-refractivity contribution >= 4 is 27.8 Å². The third-order valence-electron chi connectivity index (χ3n) is 3.28. The Bertz CT molecular complexity index is 520. The van der Waals surface area contributed by atoms with E-state index in [2.05, 4.69) is 15.9 Å². The second-order valence-corrected chi connectivity index (χ2v) is 5.66. The lowest BCUT2D eigenvalue weighted by Crippen LogP contribution is -2.46. The van der Waals surface area contributed by atoms with E-state index in [1.165, 1.54) is 4.90 Å². The normalized spacial score (nSPS) is 19.7. The summed E-state index contributed by atoms with van der Waals surface area (Å²) in [7, 11) is 0. The first-order chi connectivity index (χ1) is 9.49. The van der Waals surface area contributed by atoms with Crippen LogP contribution >= 0.6 is 15.9 Å². The molecule has 0 saturated carbocycles. The predicted molar refractivity (Wildman–Crippen MR) is 76.6 cm³/mol. The lowest BCUT2D eigenvalue weighted by atomic mass is 10.2. The van der Waals surface area contributed by atoms with E-state index in [4.69, 9.17) is 9.84 Å². The van der Waals surface area contributed by atoms with Crippen LogP contribution in [0.3, 0.4) is 0 Å². The summed E-state index contributed by atoms with van der Waals surface area (Å²) >= 11 is 3.33. The molecule has 1 unspecified atom stereocenters. The standard InChI is InChI=1S/C14H16BrNO4/c1-9(20-11-5-2-4-10(15)8-11)13(17)16-7-3-6-12(16)14(18)19/h2,4-5,8-9,12H,3,6-7H2,1H3,(H,18,19)/t9?,12-/m0/s1. The zero-order valence-electron chi connectivity index (χ0n) is 11.1. The summed E-state index contributed by atoms with van der Waals surface area (Å²) in [5.74, 6) is -0.660. The molecule has 1 amide bonds. The number of halogens is 1. The van der Waals surface area contributed by atoms with Gasteiger partial charge in [0.1, 0.15) is 11.8 Å². The van der Waals surface area contributed by atoms with Gasteiger partial charge in [0.15, 0.2) is 6.10 Å². The van der Waals surface area contributed by atoms with E-state index >= 15 is 0 Å². The van der Waals surface area contributed by atoms with Gasteiger partial charge in [-0.1, -0.05) is 22.0 Å². The largest absolute Gasteiger partial charge is 0.481 e. The van der Waals surface area contributed by atoms with Gasteiger partial charge in [0.05, 0.1) is 0 Å². The maximum Gasteiger partial charge on any atom is 0.326 e. The number of rotatable bonds is 4. The fourth-order valence-electron chi connectivity index (χ4n) is 2.32. The number of carbonyl (C=O) groups is 2. The summed E-state index contributed by atoms with van der Waals surface area (Å²) in [6, 6.07) is 6.47. The monoisotopic (exact) mass is 341 g/mol. The fraction of sp³-hybridized carbons (Fsp3) is 0.429. The lowest BCUT2D eigenvalue weighted by Gasteiger charge is -2.25. The average Bonchev–Trinajstić information content (AvgIpc) is 2.87. The molecule has 1 heterocycles. The molecule has 1 aromatic carbocycles. The number of ether oxygens (including phenoxy) is 1. The maximum atomic E-state index is 12.3. The molecule has 20 heavy (non-hydrogen) atoms. The number of benzene rings is 1. The van der Waals surface area contributed by atoms with Gasteiger partial charge in [-0.05, 0) is 38.0 Å². The highest BCUT2D eigenvalue weighted by Gasteiger charge is 2.36. The van der Waals surface area contributed by atoms with Crippen molar-refractivity contribution in [2.24, 2.45) is 0 Å². The SMILES string of the molecule is CC(Oc1cccc(Br)c1)C(=O)N1CCC[C@H]1C(=O)O. The van der Waals surface area contributed by atoms with E-state index in [0.717, 1.165) is 4.47 Å². The van der Waals surface area contributed by atoms with Crippen molar-refractivity contribution in [2.75, 3.05) is 6.54 Å². The van der Waals surface area contributed by atoms with Gasteiger partial charge >= 0.3 is 5.97 Å². The van der Waals surface area contributed by atoms with Crippen molar-refractivity contribution in [2.45, 2.75) is 31.9 Å². The molecule has 2 atom stereocenters. The van der Waals surface area contributed by atoms with E-state index in [0.29, 0.717) is 25.1 Å². The Morgan fingerprint density at radius 3 is 2.90 bits per heavy atom. The molecule has 0 radical (unpaired) electrons. The van der Waals surface area contributed by atoms with Gasteiger partial charge in [0.25, 0.3) is 5.91 Å². The molecule has 1 aliphatic heterocycles. The Morgan fingerprint density at radius 1 is 1.50 bits per heavy atom. The molecule has 0 spiro atoms. The molecule has 1 aliphatic rings. The minimum Gasteiger partial charge on any atom is -0.481 e. The lowest BCUT2D eigenvalue weighted by molar-refractivity contribution is -0.150. The van der Waals surface area contributed by atoms with Crippen LogP contribution < -0.4 is 4.74 Å². The van der Waals surface area contributed by atoms with E-state index < -0.39 is 18.1 Å². The van der Waals surface area contributed by atoms with Gasteiger partial charge in [-0.3, -0.25) is 4.79 Å². The zero-order chi connectivity index (χ0) is 14.7. The van der Waals surface area contributed by atoms with Gasteiger partial charge in [-0.2, -0.15) is 0 Å². The number of hydrogen-bond donors (Lipinski definition) is 1. The van der Waals surface area contributed by atoms with Gasteiger partial charge in [0.2, 0.25) is 0 Å². The van der Waals surface area contributed by atoms with Crippen LogP contribution in [-0.2, 0) is 9.59 Å². The van der Waals surface area contributed by atoms with Gasteiger partial charge in [-0.25, -0.2) is 4.79 Å². The predicted octanol–water partition coefficient (Wildman–Crippen LogP) is 2.29. The van der Waals surface area contributed by atoms with Gasteiger partial charge in [0, 0.05) is 11.0 Å². The van der Waals surface area contributed by atoms with Crippen molar-refractivity contribution in [3.8, 4) is 5.75 Å². The third-order valence-corrected chi connectivity index (χ3v) is 3.77. The summed E-state index contributed by atoms with van der Waals surface area (Å²) in [5, 5.41) is 9.10. The fourth-order valence-corrected chi connectivity index (χ4v) is 2.69. The first-order valence-corrected chi connectivity index (χ1v) is 7.24. The average molecular weight is 342 g/mol.